The summed E-state index contributed by atoms with van der Waals surface area (Å²) in [5.74, 6) is 0. The molecule has 2 aromatic heterocycles. The van der Waals surface area contributed by atoms with Gasteiger partial charge in [-0.05, 0) is 52.5 Å². The first kappa shape index (κ1) is 14.3. The Bertz CT molecular complexity index is 762. The molecule has 3 nitrogen and oxygen atoms in total. The molecule has 3 rings (SSSR count). The lowest BCUT2D eigenvalue weighted by Gasteiger charge is -2.05. The smallest absolute Gasteiger partial charge is 0.0491 e. The van der Waals surface area contributed by atoms with E-state index in [2.05, 4.69) is 62.0 Å². The van der Waals surface area contributed by atoms with E-state index in [9.17, 15) is 0 Å². The van der Waals surface area contributed by atoms with Crippen LogP contribution in [0.2, 0.25) is 0 Å². The van der Waals surface area contributed by atoms with Gasteiger partial charge in [-0.3, -0.25) is 4.98 Å². The molecular weight excluding hydrogens is 326 g/mol. The molecule has 0 saturated carbocycles. The number of pyridine rings is 1. The highest BCUT2D eigenvalue weighted by Crippen LogP contribution is 2.23. The Kier molecular flexibility index (Phi) is 4.08. The normalized spacial score (nSPS) is 12.7. The Hall–Kier alpha value is -1.65. The highest BCUT2D eigenvalue weighted by Gasteiger charge is 2.10. The molecule has 1 atom stereocenters. The van der Waals surface area contributed by atoms with E-state index in [1.54, 1.807) is 6.20 Å². The van der Waals surface area contributed by atoms with E-state index < -0.39 is 0 Å². The third kappa shape index (κ3) is 3.17. The van der Waals surface area contributed by atoms with Gasteiger partial charge in [-0.25, -0.2) is 0 Å². The van der Waals surface area contributed by atoms with Crippen LogP contribution < -0.4 is 5.73 Å². The van der Waals surface area contributed by atoms with Crippen molar-refractivity contribution in [1.29, 1.82) is 0 Å². The van der Waals surface area contributed by atoms with Crippen molar-refractivity contribution in [1.82, 2.24) is 9.55 Å². The Labute approximate surface area is 132 Å². The standard InChI is InChI=1S/C17H18BrN3/c1-12(19)6-14-11-21(17-5-3-2-4-16(14)17)10-13-7-15(18)9-20-8-13/h2-5,7-9,11-12H,6,10,19H2,1H3. The van der Waals surface area contributed by atoms with Crippen molar-refractivity contribution in [3.63, 3.8) is 0 Å². The van der Waals surface area contributed by atoms with Crippen molar-refractivity contribution >= 4 is 26.8 Å². The van der Waals surface area contributed by atoms with Crippen LogP contribution in [0.5, 0.6) is 0 Å². The second kappa shape index (κ2) is 6.00. The topological polar surface area (TPSA) is 43.8 Å². The van der Waals surface area contributed by atoms with Crippen molar-refractivity contribution in [2.75, 3.05) is 0 Å². The Morgan fingerprint density at radius 2 is 2.10 bits per heavy atom. The van der Waals surface area contributed by atoms with Gasteiger partial charge in [0.2, 0.25) is 0 Å². The number of rotatable bonds is 4. The summed E-state index contributed by atoms with van der Waals surface area (Å²) in [6.45, 7) is 2.86. The van der Waals surface area contributed by atoms with Gasteiger partial charge < -0.3 is 10.3 Å². The van der Waals surface area contributed by atoms with Crippen LogP contribution in [0.4, 0.5) is 0 Å². The molecule has 0 spiro atoms. The number of fused-ring (bicyclic) bond motifs is 1. The zero-order valence-electron chi connectivity index (χ0n) is 12.0. The fraction of sp³-hybridized carbons (Fsp3) is 0.235. The number of aromatic nitrogens is 2. The van der Waals surface area contributed by atoms with E-state index in [1.165, 1.54) is 22.0 Å². The number of nitrogens with two attached hydrogens (primary N) is 1. The summed E-state index contributed by atoms with van der Waals surface area (Å²) >= 11 is 3.47. The highest BCUT2D eigenvalue weighted by atomic mass is 79.9. The molecule has 4 heteroatoms. The Morgan fingerprint density at radius 3 is 2.86 bits per heavy atom. The quantitative estimate of drug-likeness (QED) is 0.784. The molecule has 3 aromatic rings. The summed E-state index contributed by atoms with van der Waals surface area (Å²) in [7, 11) is 0. The first-order valence-corrected chi connectivity index (χ1v) is 7.84. The summed E-state index contributed by atoms with van der Waals surface area (Å²) in [5, 5.41) is 1.29. The van der Waals surface area contributed by atoms with E-state index in [0.717, 1.165) is 17.4 Å². The molecular formula is C17H18BrN3. The molecule has 2 heterocycles. The van der Waals surface area contributed by atoms with E-state index in [0.29, 0.717) is 0 Å². The zero-order valence-corrected chi connectivity index (χ0v) is 13.5. The minimum atomic E-state index is 0.164. The third-order valence-electron chi connectivity index (χ3n) is 3.53. The molecule has 0 aliphatic heterocycles. The van der Waals surface area contributed by atoms with Gasteiger partial charge in [-0.15, -0.1) is 0 Å². The molecule has 1 unspecified atom stereocenters. The Balaban J connectivity index is 2.02. The van der Waals surface area contributed by atoms with Crippen molar-refractivity contribution in [3.05, 3.63) is 64.5 Å². The second-order valence-corrected chi connectivity index (χ2v) is 6.41. The summed E-state index contributed by atoms with van der Waals surface area (Å²) < 4.78 is 3.28. The van der Waals surface area contributed by atoms with Gasteiger partial charge in [0.05, 0.1) is 0 Å². The number of nitrogens with zero attached hydrogens (tertiary/aromatic N) is 2. The predicted molar refractivity (Wildman–Crippen MR) is 90.3 cm³/mol. The van der Waals surface area contributed by atoms with Crippen molar-refractivity contribution in [2.24, 2.45) is 5.73 Å². The van der Waals surface area contributed by atoms with E-state index >= 15 is 0 Å². The van der Waals surface area contributed by atoms with Crippen molar-refractivity contribution in [2.45, 2.75) is 25.9 Å². The first-order chi connectivity index (χ1) is 10.1. The molecule has 21 heavy (non-hydrogen) atoms. The monoisotopic (exact) mass is 343 g/mol. The minimum absolute atomic E-state index is 0.164. The number of para-hydroxylation sites is 1. The van der Waals surface area contributed by atoms with Crippen LogP contribution in [-0.4, -0.2) is 15.6 Å². The zero-order chi connectivity index (χ0) is 14.8. The van der Waals surface area contributed by atoms with Crippen LogP contribution in [0.15, 0.2) is 53.4 Å². The van der Waals surface area contributed by atoms with Crippen LogP contribution in [0, 0.1) is 0 Å². The van der Waals surface area contributed by atoms with Crippen LogP contribution in [0.3, 0.4) is 0 Å². The Morgan fingerprint density at radius 1 is 1.29 bits per heavy atom. The number of halogens is 1. The SMILES string of the molecule is CC(N)Cc1cn(Cc2cncc(Br)c2)c2ccccc12. The van der Waals surface area contributed by atoms with Crippen molar-refractivity contribution in [3.8, 4) is 0 Å². The summed E-state index contributed by atoms with van der Waals surface area (Å²) in [6, 6.07) is 10.8. The molecule has 0 fully saturated rings. The van der Waals surface area contributed by atoms with Crippen LogP contribution >= 0.6 is 15.9 Å². The summed E-state index contributed by atoms with van der Waals surface area (Å²) in [5.41, 5.74) is 9.70. The second-order valence-electron chi connectivity index (χ2n) is 5.49. The fourth-order valence-electron chi connectivity index (χ4n) is 2.70. The van der Waals surface area contributed by atoms with Gasteiger partial charge in [0.1, 0.15) is 0 Å². The predicted octanol–water partition coefficient (Wildman–Crippen LogP) is 3.74. The summed E-state index contributed by atoms with van der Waals surface area (Å²) in [6.07, 6.45) is 6.82. The third-order valence-corrected chi connectivity index (χ3v) is 3.96. The number of hydrogen-bond donors (Lipinski definition) is 1. The molecule has 0 radical (unpaired) electrons. The molecule has 1 aromatic carbocycles. The molecule has 0 bridgehead atoms. The number of benzene rings is 1. The first-order valence-electron chi connectivity index (χ1n) is 7.05. The van der Waals surface area contributed by atoms with Gasteiger partial charge in [0, 0.05) is 46.6 Å². The minimum Gasteiger partial charge on any atom is -0.343 e. The van der Waals surface area contributed by atoms with Gasteiger partial charge in [-0.1, -0.05) is 18.2 Å². The molecule has 0 amide bonds. The molecule has 2 N–H and O–H groups in total. The molecule has 0 saturated heterocycles. The van der Waals surface area contributed by atoms with E-state index in [-0.39, 0.29) is 6.04 Å². The van der Waals surface area contributed by atoms with Crippen LogP contribution in [-0.2, 0) is 13.0 Å². The maximum absolute atomic E-state index is 5.97. The number of hydrogen-bond acceptors (Lipinski definition) is 2. The van der Waals surface area contributed by atoms with Crippen LogP contribution in [0.25, 0.3) is 10.9 Å². The lowest BCUT2D eigenvalue weighted by molar-refractivity contribution is 0.734. The average Bonchev–Trinajstić information content (AvgIpc) is 2.77. The maximum atomic E-state index is 5.97. The summed E-state index contributed by atoms with van der Waals surface area (Å²) in [4.78, 5) is 4.24. The maximum Gasteiger partial charge on any atom is 0.0491 e. The van der Waals surface area contributed by atoms with Gasteiger partial charge in [-0.2, -0.15) is 0 Å². The van der Waals surface area contributed by atoms with Gasteiger partial charge in [0.15, 0.2) is 0 Å². The van der Waals surface area contributed by atoms with Crippen molar-refractivity contribution < 1.29 is 0 Å². The average molecular weight is 344 g/mol. The molecule has 0 aliphatic rings. The van der Waals surface area contributed by atoms with E-state index in [1.807, 2.05) is 13.1 Å². The highest BCUT2D eigenvalue weighted by molar-refractivity contribution is 9.10. The molecule has 108 valence electrons. The van der Waals surface area contributed by atoms with Gasteiger partial charge >= 0.3 is 0 Å². The van der Waals surface area contributed by atoms with Gasteiger partial charge in [0.25, 0.3) is 0 Å². The fourth-order valence-corrected chi connectivity index (χ4v) is 3.11. The van der Waals surface area contributed by atoms with Crippen LogP contribution in [0.1, 0.15) is 18.1 Å². The largest absolute Gasteiger partial charge is 0.343 e. The van der Waals surface area contributed by atoms with E-state index in [4.69, 9.17) is 5.73 Å². The molecule has 0 aliphatic carbocycles. The lowest BCUT2D eigenvalue weighted by Crippen LogP contribution is -2.17. The lowest BCUT2D eigenvalue weighted by atomic mass is 10.1.